The van der Waals surface area contributed by atoms with Crippen molar-refractivity contribution in [2.24, 2.45) is 5.10 Å². The number of rotatable bonds is 5. The molecule has 1 amide bonds. The molecule has 2 aromatic rings. The summed E-state index contributed by atoms with van der Waals surface area (Å²) in [5.41, 5.74) is 4.25. The lowest BCUT2D eigenvalue weighted by molar-refractivity contribution is -0.123. The van der Waals surface area contributed by atoms with Gasteiger partial charge in [-0.2, -0.15) is 5.10 Å². The highest BCUT2D eigenvalue weighted by Gasteiger charge is 2.18. The van der Waals surface area contributed by atoms with E-state index in [1.807, 2.05) is 30.3 Å². The Morgan fingerprint density at radius 3 is 2.77 bits per heavy atom. The first-order valence-corrected chi connectivity index (χ1v) is 8.37. The van der Waals surface area contributed by atoms with E-state index in [1.54, 1.807) is 18.3 Å². The largest absolute Gasteiger partial charge is 0.483 e. The van der Waals surface area contributed by atoms with Crippen LogP contribution in [0.1, 0.15) is 31.9 Å². The zero-order chi connectivity index (χ0) is 18.6. The van der Waals surface area contributed by atoms with E-state index >= 15 is 0 Å². The highest BCUT2D eigenvalue weighted by Crippen LogP contribution is 2.32. The molecule has 6 heteroatoms. The lowest BCUT2D eigenvalue weighted by atomic mass is 9.86. The molecule has 136 valence electrons. The molecular weight excluding hydrogens is 332 g/mol. The molecular formula is C20H22N2O4. The van der Waals surface area contributed by atoms with E-state index in [9.17, 15) is 4.79 Å². The molecule has 1 N–H and O–H groups in total. The van der Waals surface area contributed by atoms with Gasteiger partial charge in [0, 0.05) is 0 Å². The van der Waals surface area contributed by atoms with Crippen LogP contribution in [0.4, 0.5) is 0 Å². The third-order valence-electron chi connectivity index (χ3n) is 3.85. The van der Waals surface area contributed by atoms with Gasteiger partial charge in [-0.1, -0.05) is 39.0 Å². The van der Waals surface area contributed by atoms with E-state index < -0.39 is 0 Å². The van der Waals surface area contributed by atoms with Gasteiger partial charge in [-0.15, -0.1) is 0 Å². The fourth-order valence-electron chi connectivity index (χ4n) is 2.56. The van der Waals surface area contributed by atoms with Gasteiger partial charge < -0.3 is 14.2 Å². The molecule has 1 aliphatic heterocycles. The van der Waals surface area contributed by atoms with Crippen molar-refractivity contribution in [2.75, 3.05) is 13.4 Å². The summed E-state index contributed by atoms with van der Waals surface area (Å²) < 4.78 is 16.2. The van der Waals surface area contributed by atoms with Crippen LogP contribution in [0.3, 0.4) is 0 Å². The van der Waals surface area contributed by atoms with E-state index in [0.29, 0.717) is 17.2 Å². The van der Waals surface area contributed by atoms with Crippen molar-refractivity contribution in [1.29, 1.82) is 0 Å². The van der Waals surface area contributed by atoms with Crippen LogP contribution in [0.2, 0.25) is 0 Å². The summed E-state index contributed by atoms with van der Waals surface area (Å²) in [5.74, 6) is 1.75. The maximum atomic E-state index is 12.0. The number of benzene rings is 2. The SMILES string of the molecule is CC(C)(C)c1ccccc1OCC(=O)NN=Cc1ccc2c(c1)OCO2. The lowest BCUT2D eigenvalue weighted by Gasteiger charge is -2.22. The summed E-state index contributed by atoms with van der Waals surface area (Å²) in [6.07, 6.45) is 1.54. The summed E-state index contributed by atoms with van der Waals surface area (Å²) >= 11 is 0. The Morgan fingerprint density at radius 2 is 1.96 bits per heavy atom. The zero-order valence-electron chi connectivity index (χ0n) is 15.1. The van der Waals surface area contributed by atoms with Gasteiger partial charge in [0.1, 0.15) is 5.75 Å². The average Bonchev–Trinajstić information content (AvgIpc) is 3.07. The average molecular weight is 354 g/mol. The normalized spacial score (nSPS) is 13.0. The number of amides is 1. The minimum atomic E-state index is -0.328. The third-order valence-corrected chi connectivity index (χ3v) is 3.85. The van der Waals surface area contributed by atoms with Crippen molar-refractivity contribution in [3.05, 3.63) is 53.6 Å². The number of carbonyl (C=O) groups is 1. The highest BCUT2D eigenvalue weighted by molar-refractivity contribution is 5.83. The first-order chi connectivity index (χ1) is 12.4. The van der Waals surface area contributed by atoms with Crippen molar-refractivity contribution < 1.29 is 19.0 Å². The first kappa shape index (κ1) is 17.8. The number of hydrogen-bond acceptors (Lipinski definition) is 5. The van der Waals surface area contributed by atoms with Gasteiger partial charge in [0.15, 0.2) is 18.1 Å². The molecule has 0 unspecified atom stereocenters. The van der Waals surface area contributed by atoms with Crippen molar-refractivity contribution in [3.63, 3.8) is 0 Å². The minimum absolute atomic E-state index is 0.0649. The maximum Gasteiger partial charge on any atom is 0.277 e. The molecule has 1 aliphatic rings. The topological polar surface area (TPSA) is 69.2 Å². The maximum absolute atomic E-state index is 12.0. The molecule has 0 atom stereocenters. The monoisotopic (exact) mass is 354 g/mol. The summed E-state index contributed by atoms with van der Waals surface area (Å²) in [7, 11) is 0. The molecule has 0 bridgehead atoms. The second-order valence-corrected chi connectivity index (χ2v) is 6.94. The Morgan fingerprint density at radius 1 is 1.19 bits per heavy atom. The van der Waals surface area contributed by atoms with Crippen molar-refractivity contribution in [3.8, 4) is 17.2 Å². The van der Waals surface area contributed by atoms with E-state index in [4.69, 9.17) is 14.2 Å². The van der Waals surface area contributed by atoms with Crippen LogP contribution in [0.25, 0.3) is 0 Å². The molecule has 0 fully saturated rings. The van der Waals surface area contributed by atoms with Crippen LogP contribution in [0.5, 0.6) is 17.2 Å². The lowest BCUT2D eigenvalue weighted by Crippen LogP contribution is -2.25. The van der Waals surface area contributed by atoms with Crippen molar-refractivity contribution in [1.82, 2.24) is 5.43 Å². The predicted molar refractivity (Wildman–Crippen MR) is 98.9 cm³/mol. The predicted octanol–water partition coefficient (Wildman–Crippen LogP) is 3.24. The third kappa shape index (κ3) is 4.33. The van der Waals surface area contributed by atoms with Gasteiger partial charge in [0.2, 0.25) is 6.79 Å². The Kier molecular flexibility index (Phi) is 5.11. The van der Waals surface area contributed by atoms with Crippen LogP contribution >= 0.6 is 0 Å². The van der Waals surface area contributed by atoms with Gasteiger partial charge in [0.25, 0.3) is 5.91 Å². The molecule has 0 saturated carbocycles. The number of nitrogens with one attached hydrogen (secondary N) is 1. The second-order valence-electron chi connectivity index (χ2n) is 6.94. The van der Waals surface area contributed by atoms with Gasteiger partial charge >= 0.3 is 0 Å². The van der Waals surface area contributed by atoms with E-state index in [1.165, 1.54) is 0 Å². The summed E-state index contributed by atoms with van der Waals surface area (Å²) in [6.45, 7) is 6.42. The molecule has 0 aromatic heterocycles. The Hall–Kier alpha value is -3.02. The van der Waals surface area contributed by atoms with E-state index in [-0.39, 0.29) is 24.7 Å². The van der Waals surface area contributed by atoms with E-state index in [0.717, 1.165) is 11.1 Å². The Balaban J connectivity index is 1.54. The fourth-order valence-corrected chi connectivity index (χ4v) is 2.56. The second kappa shape index (κ2) is 7.47. The molecule has 6 nitrogen and oxygen atoms in total. The smallest absolute Gasteiger partial charge is 0.277 e. The minimum Gasteiger partial charge on any atom is -0.483 e. The highest BCUT2D eigenvalue weighted by atomic mass is 16.7. The fraction of sp³-hybridized carbons (Fsp3) is 0.300. The standard InChI is InChI=1S/C20H22N2O4/c1-20(2,3)15-6-4-5-7-16(15)24-12-19(23)22-21-11-14-8-9-17-18(10-14)26-13-25-17/h4-11H,12-13H2,1-3H3,(H,22,23). The van der Waals surface area contributed by atoms with Gasteiger partial charge in [-0.3, -0.25) is 4.79 Å². The van der Waals surface area contributed by atoms with Crippen LogP contribution in [-0.4, -0.2) is 25.5 Å². The van der Waals surface area contributed by atoms with E-state index in [2.05, 4.69) is 31.3 Å². The molecule has 0 aliphatic carbocycles. The number of ether oxygens (including phenoxy) is 3. The number of hydrazone groups is 1. The molecule has 3 rings (SSSR count). The molecule has 0 saturated heterocycles. The van der Waals surface area contributed by atoms with Crippen LogP contribution in [0, 0.1) is 0 Å². The first-order valence-electron chi connectivity index (χ1n) is 8.37. The molecule has 1 heterocycles. The van der Waals surface area contributed by atoms with Gasteiger partial charge in [0.05, 0.1) is 6.21 Å². The number of hydrogen-bond donors (Lipinski definition) is 1. The van der Waals surface area contributed by atoms with Crippen LogP contribution in [0.15, 0.2) is 47.6 Å². The molecule has 0 radical (unpaired) electrons. The summed E-state index contributed by atoms with van der Waals surface area (Å²) in [5, 5.41) is 3.95. The van der Waals surface area contributed by atoms with Crippen LogP contribution in [-0.2, 0) is 10.2 Å². The summed E-state index contributed by atoms with van der Waals surface area (Å²) in [4.78, 5) is 12.0. The van der Waals surface area contributed by atoms with Crippen molar-refractivity contribution >= 4 is 12.1 Å². The molecule has 0 spiro atoms. The molecule has 26 heavy (non-hydrogen) atoms. The van der Waals surface area contributed by atoms with Crippen LogP contribution < -0.4 is 19.6 Å². The number of nitrogens with zero attached hydrogens (tertiary/aromatic N) is 1. The van der Waals surface area contributed by atoms with Gasteiger partial charge in [-0.25, -0.2) is 5.43 Å². The number of carbonyl (C=O) groups excluding carboxylic acids is 1. The Bertz CT molecular complexity index is 825. The number of fused-ring (bicyclic) bond motifs is 1. The molecule has 2 aromatic carbocycles. The summed E-state index contributed by atoms with van der Waals surface area (Å²) in [6, 6.07) is 13.2. The quantitative estimate of drug-likeness (QED) is 0.661. The van der Waals surface area contributed by atoms with Gasteiger partial charge in [-0.05, 0) is 40.8 Å². The Labute approximate surface area is 152 Å². The number of para-hydroxylation sites is 1. The zero-order valence-corrected chi connectivity index (χ0v) is 15.1. The van der Waals surface area contributed by atoms with Crippen molar-refractivity contribution in [2.45, 2.75) is 26.2 Å².